The van der Waals surface area contributed by atoms with Gasteiger partial charge in [0.25, 0.3) is 0 Å². The van der Waals surface area contributed by atoms with Crippen molar-refractivity contribution in [3.63, 3.8) is 0 Å². The maximum Gasteiger partial charge on any atom is 0.232 e. The number of anilines is 2. The average Bonchev–Trinajstić information content (AvgIpc) is 2.54. The number of rotatable bonds is 6. The predicted octanol–water partition coefficient (Wildman–Crippen LogP) is 2.66. The van der Waals surface area contributed by atoms with E-state index in [9.17, 15) is 18.5 Å². The molecule has 0 radical (unpaired) electrons. The minimum atomic E-state index is -3.62. The van der Waals surface area contributed by atoms with Crippen LogP contribution in [0.3, 0.4) is 0 Å². The number of aryl methyl sites for hydroxylation is 1. The molecule has 7 heteroatoms. The minimum absolute atomic E-state index is 0.0270. The van der Waals surface area contributed by atoms with Gasteiger partial charge >= 0.3 is 0 Å². The number of nitriles is 1. The lowest BCUT2D eigenvalue weighted by Crippen LogP contribution is -2.33. The number of para-hydroxylation sites is 1. The van der Waals surface area contributed by atoms with Gasteiger partial charge < -0.3 is 5.32 Å². The second kappa shape index (κ2) is 7.81. The van der Waals surface area contributed by atoms with Crippen molar-refractivity contribution in [3.05, 3.63) is 59.7 Å². The molecule has 2 aromatic rings. The average molecular weight is 357 g/mol. The number of carbonyl (C=O) groups excluding carboxylic acids is 1. The molecule has 0 aromatic heterocycles. The molecule has 0 saturated carbocycles. The van der Waals surface area contributed by atoms with Crippen molar-refractivity contribution >= 4 is 27.3 Å². The molecule has 0 aliphatic rings. The fourth-order valence-corrected chi connectivity index (χ4v) is 3.34. The van der Waals surface area contributed by atoms with Crippen molar-refractivity contribution < 1.29 is 13.2 Å². The van der Waals surface area contributed by atoms with E-state index in [0.717, 1.165) is 16.1 Å². The van der Waals surface area contributed by atoms with E-state index in [-0.39, 0.29) is 30.1 Å². The highest BCUT2D eigenvalue weighted by molar-refractivity contribution is 7.92. The van der Waals surface area contributed by atoms with Gasteiger partial charge in [0, 0.05) is 18.7 Å². The molecular formula is C18H19N3O3S. The zero-order valence-corrected chi connectivity index (χ0v) is 14.9. The topological polar surface area (TPSA) is 90.3 Å². The van der Waals surface area contributed by atoms with Crippen molar-refractivity contribution in [1.82, 2.24) is 0 Å². The summed E-state index contributed by atoms with van der Waals surface area (Å²) in [5.74, 6) is -0.298. The first-order valence-electron chi connectivity index (χ1n) is 7.64. The SMILES string of the molecule is Cc1cccc(NC(=O)CCN(c2ccccc2C#N)S(C)(=O)=O)c1. The van der Waals surface area contributed by atoms with Gasteiger partial charge in [-0.3, -0.25) is 9.10 Å². The van der Waals surface area contributed by atoms with E-state index in [4.69, 9.17) is 0 Å². The first kappa shape index (κ1) is 18.5. The van der Waals surface area contributed by atoms with E-state index in [1.54, 1.807) is 30.3 Å². The summed E-state index contributed by atoms with van der Waals surface area (Å²) in [7, 11) is -3.62. The van der Waals surface area contributed by atoms with Crippen LogP contribution in [0.4, 0.5) is 11.4 Å². The molecule has 0 aliphatic carbocycles. The van der Waals surface area contributed by atoms with Crippen molar-refractivity contribution in [2.24, 2.45) is 0 Å². The van der Waals surface area contributed by atoms with Crippen molar-refractivity contribution in [2.45, 2.75) is 13.3 Å². The second-order valence-electron chi connectivity index (χ2n) is 5.63. The van der Waals surface area contributed by atoms with Crippen molar-refractivity contribution in [3.8, 4) is 6.07 Å². The van der Waals surface area contributed by atoms with E-state index in [0.29, 0.717) is 5.69 Å². The van der Waals surface area contributed by atoms with Gasteiger partial charge in [-0.1, -0.05) is 24.3 Å². The van der Waals surface area contributed by atoms with Crippen molar-refractivity contribution in [1.29, 1.82) is 5.26 Å². The molecule has 0 saturated heterocycles. The Bertz CT molecular complexity index is 917. The molecule has 25 heavy (non-hydrogen) atoms. The summed E-state index contributed by atoms with van der Waals surface area (Å²) in [6.07, 6.45) is 1.03. The molecule has 130 valence electrons. The summed E-state index contributed by atoms with van der Waals surface area (Å²) in [4.78, 5) is 12.1. The fraction of sp³-hybridized carbons (Fsp3) is 0.222. The Morgan fingerprint density at radius 2 is 1.92 bits per heavy atom. The fourth-order valence-electron chi connectivity index (χ4n) is 2.40. The Morgan fingerprint density at radius 1 is 1.20 bits per heavy atom. The molecular weight excluding hydrogens is 338 g/mol. The van der Waals surface area contributed by atoms with Crippen LogP contribution in [0.1, 0.15) is 17.5 Å². The number of sulfonamides is 1. The van der Waals surface area contributed by atoms with Gasteiger partial charge in [0.1, 0.15) is 6.07 Å². The Morgan fingerprint density at radius 3 is 2.56 bits per heavy atom. The number of hydrogen-bond donors (Lipinski definition) is 1. The lowest BCUT2D eigenvalue weighted by atomic mass is 10.2. The summed E-state index contributed by atoms with van der Waals surface area (Å²) >= 11 is 0. The zero-order chi connectivity index (χ0) is 18.4. The normalized spacial score (nSPS) is 10.8. The molecule has 0 spiro atoms. The van der Waals surface area contributed by atoms with Gasteiger partial charge in [-0.25, -0.2) is 8.42 Å². The second-order valence-corrected chi connectivity index (χ2v) is 7.54. The number of benzene rings is 2. The van der Waals surface area contributed by atoms with E-state index >= 15 is 0 Å². The van der Waals surface area contributed by atoms with Gasteiger partial charge in [0.2, 0.25) is 15.9 Å². The number of amides is 1. The quantitative estimate of drug-likeness (QED) is 0.860. The molecule has 1 amide bonds. The number of nitrogens with zero attached hydrogens (tertiary/aromatic N) is 2. The number of nitrogens with one attached hydrogen (secondary N) is 1. The third-order valence-corrected chi connectivity index (χ3v) is 4.72. The molecule has 0 atom stereocenters. The van der Waals surface area contributed by atoms with Crippen LogP contribution in [0.5, 0.6) is 0 Å². The predicted molar refractivity (Wildman–Crippen MR) is 97.8 cm³/mol. The molecule has 2 aromatic carbocycles. The molecule has 6 nitrogen and oxygen atoms in total. The Labute approximate surface area is 147 Å². The summed E-state index contributed by atoms with van der Waals surface area (Å²) in [5, 5.41) is 11.9. The van der Waals surface area contributed by atoms with Crippen LogP contribution < -0.4 is 9.62 Å². The van der Waals surface area contributed by atoms with Crippen LogP contribution >= 0.6 is 0 Å². The first-order chi connectivity index (χ1) is 11.8. The summed E-state index contributed by atoms with van der Waals surface area (Å²) in [5.41, 5.74) is 2.19. The standard InChI is InChI=1S/C18H19N3O3S/c1-14-6-5-8-16(12-14)20-18(22)10-11-21(25(2,23)24)17-9-4-3-7-15(17)13-19/h3-9,12H,10-11H2,1-2H3,(H,20,22). The molecule has 0 bridgehead atoms. The van der Waals surface area contributed by atoms with Crippen LogP contribution in [0.2, 0.25) is 0 Å². The minimum Gasteiger partial charge on any atom is -0.326 e. The van der Waals surface area contributed by atoms with Crippen molar-refractivity contribution in [2.75, 3.05) is 22.4 Å². The lowest BCUT2D eigenvalue weighted by molar-refractivity contribution is -0.116. The largest absolute Gasteiger partial charge is 0.326 e. The lowest BCUT2D eigenvalue weighted by Gasteiger charge is -2.23. The van der Waals surface area contributed by atoms with Crippen LogP contribution in [-0.2, 0) is 14.8 Å². The third-order valence-electron chi connectivity index (χ3n) is 3.54. The van der Waals surface area contributed by atoms with Gasteiger partial charge in [0.05, 0.1) is 17.5 Å². The van der Waals surface area contributed by atoms with Crippen LogP contribution in [0.15, 0.2) is 48.5 Å². The van der Waals surface area contributed by atoms with E-state index in [2.05, 4.69) is 5.32 Å². The molecule has 2 rings (SSSR count). The van der Waals surface area contributed by atoms with Gasteiger partial charge in [-0.05, 0) is 36.8 Å². The Balaban J connectivity index is 2.14. The Kier molecular flexibility index (Phi) is 5.78. The maximum atomic E-state index is 12.1. The molecule has 0 unspecified atom stereocenters. The molecule has 0 aliphatic heterocycles. The monoisotopic (exact) mass is 357 g/mol. The summed E-state index contributed by atoms with van der Waals surface area (Å²) < 4.78 is 25.3. The van der Waals surface area contributed by atoms with Crippen LogP contribution in [-0.4, -0.2) is 27.1 Å². The molecule has 0 fully saturated rings. The first-order valence-corrected chi connectivity index (χ1v) is 9.49. The number of carbonyl (C=O) groups is 1. The molecule has 0 heterocycles. The highest BCUT2D eigenvalue weighted by Gasteiger charge is 2.21. The Hall–Kier alpha value is -2.85. The van der Waals surface area contributed by atoms with E-state index in [1.165, 1.54) is 0 Å². The maximum absolute atomic E-state index is 12.1. The van der Waals surface area contributed by atoms with Gasteiger partial charge in [-0.2, -0.15) is 5.26 Å². The van der Waals surface area contributed by atoms with Gasteiger partial charge in [-0.15, -0.1) is 0 Å². The smallest absolute Gasteiger partial charge is 0.232 e. The van der Waals surface area contributed by atoms with Gasteiger partial charge in [0.15, 0.2) is 0 Å². The summed E-state index contributed by atoms with van der Waals surface area (Å²) in [6, 6.07) is 15.7. The third kappa shape index (κ3) is 5.06. The summed E-state index contributed by atoms with van der Waals surface area (Å²) in [6.45, 7) is 1.87. The molecule has 1 N–H and O–H groups in total. The van der Waals surface area contributed by atoms with Crippen LogP contribution in [0, 0.1) is 18.3 Å². The zero-order valence-electron chi connectivity index (χ0n) is 14.1. The highest BCUT2D eigenvalue weighted by atomic mass is 32.2. The highest BCUT2D eigenvalue weighted by Crippen LogP contribution is 2.22. The van der Waals surface area contributed by atoms with Crippen LogP contribution in [0.25, 0.3) is 0 Å². The number of hydrogen-bond acceptors (Lipinski definition) is 4. The van der Waals surface area contributed by atoms with E-state index < -0.39 is 10.0 Å². The van der Waals surface area contributed by atoms with E-state index in [1.807, 2.05) is 31.2 Å².